The summed E-state index contributed by atoms with van der Waals surface area (Å²) in [5, 5.41) is 32.0. The third-order valence-corrected chi connectivity index (χ3v) is 7.17. The zero-order valence-electron chi connectivity index (χ0n) is 21.1. The standard InChI is InChI=1S/C27H39BFNO4/c1-15(10-11-19-18(4)17(3)12-13-27(19,5)6)8-7-9-16(2)14-20(31)30-23-21(28)24(32)22(29)25(33)26(23)34/h7-11,14,17,21-26,32-34H,12-13H2,1-6H3,(H,30,31)/b9-7+,11-10+,15-8+,16-14+. The summed E-state index contributed by atoms with van der Waals surface area (Å²) in [6.07, 6.45) is 6.40. The first-order valence-corrected chi connectivity index (χ1v) is 11.9. The number of aliphatic hydroxyl groups is 3. The van der Waals surface area contributed by atoms with E-state index in [2.05, 4.69) is 45.2 Å². The number of carbonyl (C=O) groups excluding carboxylic acids is 1. The van der Waals surface area contributed by atoms with Gasteiger partial charge in [0.1, 0.15) is 12.2 Å². The maximum atomic E-state index is 13.7. The molecular formula is C27H39BFNO4. The normalized spacial score (nSPS) is 35.3. The highest BCUT2D eigenvalue weighted by Crippen LogP contribution is 2.43. The predicted molar refractivity (Wildman–Crippen MR) is 135 cm³/mol. The summed E-state index contributed by atoms with van der Waals surface area (Å²) in [6.45, 7) is 12.8. The van der Waals surface area contributed by atoms with Gasteiger partial charge in [-0.05, 0) is 61.9 Å². The van der Waals surface area contributed by atoms with Crippen molar-refractivity contribution in [1.29, 1.82) is 0 Å². The molecule has 0 heterocycles. The molecule has 2 aliphatic carbocycles. The zero-order chi connectivity index (χ0) is 25.8. The van der Waals surface area contributed by atoms with Crippen LogP contribution in [0.2, 0.25) is 5.82 Å². The van der Waals surface area contributed by atoms with Crippen LogP contribution in [0.15, 0.2) is 58.7 Å². The van der Waals surface area contributed by atoms with Crippen molar-refractivity contribution in [2.45, 2.75) is 90.7 Å². The number of amides is 1. The predicted octanol–water partition coefficient (Wildman–Crippen LogP) is 3.64. The van der Waals surface area contributed by atoms with E-state index in [0.29, 0.717) is 11.5 Å². The van der Waals surface area contributed by atoms with Crippen LogP contribution in [0.1, 0.15) is 54.4 Å². The summed E-state index contributed by atoms with van der Waals surface area (Å²) in [5.74, 6) is -1.20. The first kappa shape index (κ1) is 28.3. The average molecular weight is 471 g/mol. The van der Waals surface area contributed by atoms with Crippen LogP contribution in [-0.2, 0) is 4.79 Å². The average Bonchev–Trinajstić information content (AvgIpc) is 2.76. The van der Waals surface area contributed by atoms with Gasteiger partial charge in [0.25, 0.3) is 0 Å². The number of hydrogen-bond donors (Lipinski definition) is 4. The molecule has 0 aliphatic heterocycles. The number of aliphatic hydroxyl groups excluding tert-OH is 3. The molecule has 0 aromatic rings. The van der Waals surface area contributed by atoms with Crippen molar-refractivity contribution >= 4 is 13.8 Å². The van der Waals surface area contributed by atoms with Gasteiger partial charge in [-0.25, -0.2) is 4.39 Å². The fourth-order valence-electron chi connectivity index (χ4n) is 4.60. The molecule has 186 valence electrons. The molecular weight excluding hydrogens is 432 g/mol. The largest absolute Gasteiger partial charge is 0.390 e. The molecule has 2 aliphatic rings. The van der Waals surface area contributed by atoms with Gasteiger partial charge >= 0.3 is 0 Å². The Bertz CT molecular complexity index is 888. The highest BCUT2D eigenvalue weighted by atomic mass is 19.1. The zero-order valence-corrected chi connectivity index (χ0v) is 21.1. The molecule has 0 bridgehead atoms. The number of carbonyl (C=O) groups is 1. The van der Waals surface area contributed by atoms with E-state index in [1.807, 2.05) is 19.1 Å². The second-order valence-corrected chi connectivity index (χ2v) is 10.4. The molecule has 0 spiro atoms. The second kappa shape index (κ2) is 11.7. The molecule has 7 atom stereocenters. The van der Waals surface area contributed by atoms with E-state index in [4.69, 9.17) is 7.85 Å². The number of rotatable bonds is 6. The number of allylic oxidation sites excluding steroid dienone is 9. The third kappa shape index (κ3) is 6.80. The molecule has 2 radical (unpaired) electrons. The van der Waals surface area contributed by atoms with Crippen LogP contribution in [0.25, 0.3) is 0 Å². The van der Waals surface area contributed by atoms with Crippen LogP contribution in [0.5, 0.6) is 0 Å². The topological polar surface area (TPSA) is 89.8 Å². The van der Waals surface area contributed by atoms with Crippen molar-refractivity contribution in [3.05, 3.63) is 58.7 Å². The lowest BCUT2D eigenvalue weighted by Gasteiger charge is -2.42. The Balaban J connectivity index is 2.01. The van der Waals surface area contributed by atoms with Crippen molar-refractivity contribution in [2.24, 2.45) is 11.3 Å². The molecule has 1 fully saturated rings. The van der Waals surface area contributed by atoms with Crippen LogP contribution < -0.4 is 5.32 Å². The summed E-state index contributed by atoms with van der Waals surface area (Å²) in [5.41, 5.74) is 4.73. The summed E-state index contributed by atoms with van der Waals surface area (Å²) in [6, 6.07) is -1.17. The summed E-state index contributed by atoms with van der Waals surface area (Å²) < 4.78 is 13.7. The molecule has 4 N–H and O–H groups in total. The Morgan fingerprint density at radius 1 is 1.12 bits per heavy atom. The first-order chi connectivity index (χ1) is 15.8. The number of alkyl halides is 1. The van der Waals surface area contributed by atoms with Gasteiger partial charge in [-0.2, -0.15) is 0 Å². The van der Waals surface area contributed by atoms with E-state index in [1.165, 1.54) is 30.1 Å². The van der Waals surface area contributed by atoms with E-state index >= 15 is 0 Å². The maximum Gasteiger partial charge on any atom is 0.244 e. The smallest absolute Gasteiger partial charge is 0.244 e. The minimum atomic E-state index is -2.07. The van der Waals surface area contributed by atoms with Crippen molar-refractivity contribution in [2.75, 3.05) is 0 Å². The van der Waals surface area contributed by atoms with Crippen LogP contribution in [-0.4, -0.2) is 59.6 Å². The summed E-state index contributed by atoms with van der Waals surface area (Å²) in [4.78, 5) is 12.3. The third-order valence-electron chi connectivity index (χ3n) is 7.17. The Morgan fingerprint density at radius 3 is 2.41 bits per heavy atom. The fourth-order valence-corrected chi connectivity index (χ4v) is 4.60. The van der Waals surface area contributed by atoms with E-state index in [9.17, 15) is 24.5 Å². The fraction of sp³-hybridized carbons (Fsp3) is 0.593. The van der Waals surface area contributed by atoms with Gasteiger partial charge in [-0.15, -0.1) is 0 Å². The molecule has 34 heavy (non-hydrogen) atoms. The van der Waals surface area contributed by atoms with Crippen LogP contribution in [0, 0.1) is 11.3 Å². The quantitative estimate of drug-likeness (QED) is 0.271. The molecule has 1 amide bonds. The molecule has 0 saturated heterocycles. The van der Waals surface area contributed by atoms with E-state index in [1.54, 1.807) is 13.0 Å². The monoisotopic (exact) mass is 471 g/mol. The van der Waals surface area contributed by atoms with Crippen molar-refractivity contribution in [1.82, 2.24) is 5.32 Å². The molecule has 2 rings (SSSR count). The highest BCUT2D eigenvalue weighted by Gasteiger charge is 2.47. The van der Waals surface area contributed by atoms with Gasteiger partial charge in [0.2, 0.25) is 5.91 Å². The van der Waals surface area contributed by atoms with Gasteiger partial charge in [0, 0.05) is 6.08 Å². The Labute approximate surface area is 204 Å². The number of nitrogens with one attached hydrogen (secondary N) is 1. The molecule has 1 saturated carbocycles. The van der Waals surface area contributed by atoms with Crippen molar-refractivity contribution in [3.8, 4) is 0 Å². The van der Waals surface area contributed by atoms with Gasteiger partial charge < -0.3 is 20.6 Å². The molecule has 7 heteroatoms. The lowest BCUT2D eigenvalue weighted by Crippen LogP contribution is -2.62. The minimum absolute atomic E-state index is 0.168. The maximum absolute atomic E-state index is 13.7. The van der Waals surface area contributed by atoms with E-state index in [0.717, 1.165) is 5.57 Å². The van der Waals surface area contributed by atoms with Crippen LogP contribution >= 0.6 is 0 Å². The van der Waals surface area contributed by atoms with Crippen LogP contribution in [0.3, 0.4) is 0 Å². The Kier molecular flexibility index (Phi) is 9.69. The van der Waals surface area contributed by atoms with Gasteiger partial charge in [0.15, 0.2) is 6.17 Å². The van der Waals surface area contributed by atoms with E-state index in [-0.39, 0.29) is 5.41 Å². The lowest BCUT2D eigenvalue weighted by molar-refractivity contribution is -0.131. The SMILES string of the molecule is [B]C1C(O)C(F)C(O)C(O)C1NC(=O)/C=C(C)/C=C/C=C(C)/C=C/C1=C(C)C(C)CCC1(C)C. The molecule has 0 aromatic heterocycles. The summed E-state index contributed by atoms with van der Waals surface area (Å²) in [7, 11) is 5.75. The number of halogens is 1. The molecule has 5 nitrogen and oxygen atoms in total. The van der Waals surface area contributed by atoms with Gasteiger partial charge in [0.05, 0.1) is 20.0 Å². The second-order valence-electron chi connectivity index (χ2n) is 10.4. The van der Waals surface area contributed by atoms with Crippen LogP contribution in [0.4, 0.5) is 4.39 Å². The first-order valence-electron chi connectivity index (χ1n) is 11.9. The highest BCUT2D eigenvalue weighted by molar-refractivity contribution is 6.13. The van der Waals surface area contributed by atoms with Gasteiger partial charge in [-0.3, -0.25) is 4.79 Å². The van der Waals surface area contributed by atoms with Gasteiger partial charge in [-0.1, -0.05) is 62.3 Å². The van der Waals surface area contributed by atoms with Crippen molar-refractivity contribution < 1.29 is 24.5 Å². The summed E-state index contributed by atoms with van der Waals surface area (Å²) >= 11 is 0. The Hall–Kier alpha value is -1.96. The molecule has 7 unspecified atom stereocenters. The lowest BCUT2D eigenvalue weighted by atomic mass is 9.67. The van der Waals surface area contributed by atoms with Crippen molar-refractivity contribution in [3.63, 3.8) is 0 Å². The van der Waals surface area contributed by atoms with E-state index < -0.39 is 42.2 Å². The Morgan fingerprint density at radius 2 is 1.76 bits per heavy atom. The molecule has 0 aromatic carbocycles. The number of hydrogen-bond acceptors (Lipinski definition) is 4. The minimum Gasteiger partial charge on any atom is -0.390 e.